The maximum Gasteiger partial charge on any atom is 0.123 e. The minimum Gasteiger partial charge on any atom is -0.508 e. The van der Waals surface area contributed by atoms with Crippen LogP contribution in [0.1, 0.15) is 0 Å². The van der Waals surface area contributed by atoms with Gasteiger partial charge in [0, 0.05) is 6.07 Å². The van der Waals surface area contributed by atoms with Gasteiger partial charge in [-0.15, -0.1) is 0 Å². The van der Waals surface area contributed by atoms with Gasteiger partial charge in [0.2, 0.25) is 0 Å². The number of phenols is 2. The van der Waals surface area contributed by atoms with Crippen molar-refractivity contribution in [3.8, 4) is 11.5 Å². The van der Waals surface area contributed by atoms with Crippen molar-refractivity contribution < 1.29 is 10.2 Å². The largest absolute Gasteiger partial charge is 0.508 e. The van der Waals surface area contributed by atoms with Gasteiger partial charge in [-0.2, -0.15) is 0 Å². The van der Waals surface area contributed by atoms with E-state index in [9.17, 15) is 0 Å². The molecule has 0 atom stereocenters. The first-order valence-corrected chi connectivity index (χ1v) is 2.19. The van der Waals surface area contributed by atoms with Crippen molar-refractivity contribution in [3.63, 3.8) is 0 Å². The van der Waals surface area contributed by atoms with Gasteiger partial charge in [-0.3, -0.25) is 0 Å². The van der Waals surface area contributed by atoms with Crippen molar-refractivity contribution in [2.75, 3.05) is 0 Å². The third-order valence-corrected chi connectivity index (χ3v) is 0.780. The van der Waals surface area contributed by atoms with Crippen molar-refractivity contribution in [1.29, 1.82) is 0 Å². The van der Waals surface area contributed by atoms with E-state index in [4.69, 9.17) is 10.2 Å². The highest BCUT2D eigenvalue weighted by Gasteiger charge is 1.85. The van der Waals surface area contributed by atoms with Gasteiger partial charge in [-0.05, 0) is 18.2 Å². The molecule has 0 unspecified atom stereocenters. The third kappa shape index (κ3) is 0.904. The maximum atomic E-state index is 8.61. The number of hydrogen-bond donors (Lipinski definition) is 2. The van der Waals surface area contributed by atoms with Crippen molar-refractivity contribution in [2.45, 2.75) is 0 Å². The summed E-state index contributed by atoms with van der Waals surface area (Å²) in [5.41, 5.74) is 0. The molecule has 1 aromatic rings. The Balaban J connectivity index is 3.03. The van der Waals surface area contributed by atoms with Gasteiger partial charge in [0.25, 0.3) is 0 Å². The SMILES string of the molecule is Oc1[c]cc(O)cc1. The van der Waals surface area contributed by atoms with Crippen LogP contribution in [0.4, 0.5) is 0 Å². The summed E-state index contributed by atoms with van der Waals surface area (Å²) in [7, 11) is 0. The molecule has 2 N–H and O–H groups in total. The smallest absolute Gasteiger partial charge is 0.123 e. The van der Waals surface area contributed by atoms with Crippen LogP contribution in [0.15, 0.2) is 18.2 Å². The van der Waals surface area contributed by atoms with Crippen molar-refractivity contribution >= 4 is 0 Å². The molecule has 0 heterocycles. The molecular formula is C6H5O2. The first-order valence-electron chi connectivity index (χ1n) is 2.19. The molecule has 0 saturated heterocycles. The highest BCUT2D eigenvalue weighted by Crippen LogP contribution is 2.12. The van der Waals surface area contributed by atoms with Crippen LogP contribution in [-0.4, -0.2) is 10.2 Å². The van der Waals surface area contributed by atoms with E-state index in [1.54, 1.807) is 0 Å². The summed E-state index contributed by atoms with van der Waals surface area (Å²) in [6.45, 7) is 0. The molecule has 0 aliphatic rings. The molecule has 0 saturated carbocycles. The van der Waals surface area contributed by atoms with E-state index in [2.05, 4.69) is 6.07 Å². The second-order valence-corrected chi connectivity index (χ2v) is 1.43. The second kappa shape index (κ2) is 1.74. The number of aromatic hydroxyl groups is 2. The molecule has 1 rings (SSSR count). The van der Waals surface area contributed by atoms with Crippen LogP contribution in [0.3, 0.4) is 0 Å². The van der Waals surface area contributed by atoms with Gasteiger partial charge in [0.1, 0.15) is 11.5 Å². The first-order chi connectivity index (χ1) is 3.79. The van der Waals surface area contributed by atoms with Gasteiger partial charge >= 0.3 is 0 Å². The lowest BCUT2D eigenvalue weighted by Gasteiger charge is -1.87. The topological polar surface area (TPSA) is 40.5 Å². The lowest BCUT2D eigenvalue weighted by atomic mass is 10.3. The minimum absolute atomic E-state index is 0.0443. The number of rotatable bonds is 0. The van der Waals surface area contributed by atoms with Crippen LogP contribution < -0.4 is 0 Å². The van der Waals surface area contributed by atoms with Gasteiger partial charge in [-0.1, -0.05) is 0 Å². The Bertz CT molecular complexity index is 145. The summed E-state index contributed by atoms with van der Waals surface area (Å²) >= 11 is 0. The Labute approximate surface area is 47.0 Å². The molecule has 1 aromatic carbocycles. The molecule has 0 aliphatic heterocycles. The monoisotopic (exact) mass is 109 g/mol. The average molecular weight is 109 g/mol. The molecule has 0 spiro atoms. The van der Waals surface area contributed by atoms with Gasteiger partial charge < -0.3 is 10.2 Å². The minimum atomic E-state index is 0.0443. The van der Waals surface area contributed by atoms with E-state index in [0.29, 0.717) is 0 Å². The van der Waals surface area contributed by atoms with Gasteiger partial charge in [0.05, 0.1) is 0 Å². The van der Waals surface area contributed by atoms with Crippen LogP contribution in [0.2, 0.25) is 0 Å². The highest BCUT2D eigenvalue weighted by atomic mass is 16.3. The first kappa shape index (κ1) is 4.97. The molecule has 0 fully saturated rings. The Kier molecular flexibility index (Phi) is 1.08. The maximum absolute atomic E-state index is 8.61. The quantitative estimate of drug-likeness (QED) is 0.486. The molecule has 2 heteroatoms. The second-order valence-electron chi connectivity index (χ2n) is 1.43. The number of phenolic OH excluding ortho intramolecular Hbond substituents is 2. The van der Waals surface area contributed by atoms with Crippen LogP contribution in [0.5, 0.6) is 11.5 Å². The standard InChI is InChI=1S/C6H5O2/c7-5-1-2-6(8)4-3-5/h1-3,7-8H. The zero-order chi connectivity index (χ0) is 5.98. The highest BCUT2D eigenvalue weighted by molar-refractivity contribution is 5.27. The summed E-state index contributed by atoms with van der Waals surface area (Å²) in [4.78, 5) is 0. The molecule has 8 heavy (non-hydrogen) atoms. The summed E-state index contributed by atoms with van der Waals surface area (Å²) in [5, 5.41) is 17.2. The van der Waals surface area contributed by atoms with E-state index in [1.165, 1.54) is 18.2 Å². The number of hydrogen-bond acceptors (Lipinski definition) is 2. The molecular weight excluding hydrogens is 104 g/mol. The summed E-state index contributed by atoms with van der Waals surface area (Å²) < 4.78 is 0. The molecule has 0 aliphatic carbocycles. The summed E-state index contributed by atoms with van der Waals surface area (Å²) in [6, 6.07) is 6.47. The summed E-state index contributed by atoms with van der Waals surface area (Å²) in [6.07, 6.45) is 0. The van der Waals surface area contributed by atoms with Crippen molar-refractivity contribution in [3.05, 3.63) is 24.3 Å². The van der Waals surface area contributed by atoms with E-state index < -0.39 is 0 Å². The van der Waals surface area contributed by atoms with Gasteiger partial charge in [0.15, 0.2) is 0 Å². The Morgan fingerprint density at radius 1 is 1.25 bits per heavy atom. The molecule has 1 radical (unpaired) electrons. The van der Waals surface area contributed by atoms with E-state index >= 15 is 0 Å². The van der Waals surface area contributed by atoms with Crippen LogP contribution in [0.25, 0.3) is 0 Å². The Morgan fingerprint density at radius 3 is 2.38 bits per heavy atom. The average Bonchev–Trinajstić information content (AvgIpc) is 1.77. The molecule has 0 amide bonds. The predicted octanol–water partition coefficient (Wildman–Crippen LogP) is 0.898. The van der Waals surface area contributed by atoms with Crippen LogP contribution in [-0.2, 0) is 0 Å². The van der Waals surface area contributed by atoms with Crippen molar-refractivity contribution in [1.82, 2.24) is 0 Å². The molecule has 2 nitrogen and oxygen atoms in total. The molecule has 0 bridgehead atoms. The van der Waals surface area contributed by atoms with Crippen LogP contribution in [0, 0.1) is 6.07 Å². The Morgan fingerprint density at radius 2 is 2.00 bits per heavy atom. The summed E-state index contributed by atoms with van der Waals surface area (Å²) in [5.74, 6) is 0.158. The predicted molar refractivity (Wildman–Crippen MR) is 28.6 cm³/mol. The zero-order valence-corrected chi connectivity index (χ0v) is 4.13. The zero-order valence-electron chi connectivity index (χ0n) is 4.13. The van der Waals surface area contributed by atoms with E-state index in [-0.39, 0.29) is 11.5 Å². The van der Waals surface area contributed by atoms with Crippen LogP contribution >= 0.6 is 0 Å². The lowest BCUT2D eigenvalue weighted by Crippen LogP contribution is -1.62. The lowest BCUT2D eigenvalue weighted by molar-refractivity contribution is 0.459. The molecule has 0 aromatic heterocycles. The third-order valence-electron chi connectivity index (χ3n) is 0.780. The number of benzene rings is 1. The van der Waals surface area contributed by atoms with Crippen molar-refractivity contribution in [2.24, 2.45) is 0 Å². The van der Waals surface area contributed by atoms with Gasteiger partial charge in [-0.25, -0.2) is 0 Å². The Hall–Kier alpha value is -1.18. The normalized spacial score (nSPS) is 9.00. The fourth-order valence-corrected chi connectivity index (χ4v) is 0.408. The molecule has 41 valence electrons. The van der Waals surface area contributed by atoms with E-state index in [0.717, 1.165) is 0 Å². The fourth-order valence-electron chi connectivity index (χ4n) is 0.408. The van der Waals surface area contributed by atoms with E-state index in [1.807, 2.05) is 0 Å². The fraction of sp³-hybridized carbons (Fsp3) is 0.